The molecule has 1 N–H and O–H groups in total. The van der Waals surface area contributed by atoms with Gasteiger partial charge in [-0.25, -0.2) is 4.39 Å². The summed E-state index contributed by atoms with van der Waals surface area (Å²) in [6.07, 6.45) is -0.940. The first-order valence-electron chi connectivity index (χ1n) is 5.89. The van der Waals surface area contributed by atoms with E-state index in [1.54, 1.807) is 30.3 Å². The highest BCUT2D eigenvalue weighted by Crippen LogP contribution is 2.32. The highest BCUT2D eigenvalue weighted by atomic mass is 35.5. The van der Waals surface area contributed by atoms with Gasteiger partial charge in [0.1, 0.15) is 17.3 Å². The molecule has 0 amide bonds. The summed E-state index contributed by atoms with van der Waals surface area (Å²) >= 11 is 5.94. The summed E-state index contributed by atoms with van der Waals surface area (Å²) in [5, 5.41) is 10.3. The first-order valence-corrected chi connectivity index (χ1v) is 6.27. The Labute approximate surface area is 116 Å². The molecule has 100 valence electrons. The van der Waals surface area contributed by atoms with Crippen LogP contribution in [0.2, 0.25) is 5.02 Å². The average Bonchev–Trinajstić information content (AvgIpc) is 2.33. The Morgan fingerprint density at radius 1 is 1.26 bits per heavy atom. The predicted octanol–water partition coefficient (Wildman–Crippen LogP) is 4.63. The number of benzene rings is 2. The molecule has 19 heavy (non-hydrogen) atoms. The molecule has 0 spiro atoms. The van der Waals surface area contributed by atoms with Crippen LogP contribution in [-0.4, -0.2) is 5.11 Å². The van der Waals surface area contributed by atoms with Crippen LogP contribution in [0.1, 0.15) is 24.2 Å². The van der Waals surface area contributed by atoms with Gasteiger partial charge in [-0.2, -0.15) is 0 Å². The van der Waals surface area contributed by atoms with E-state index in [1.165, 1.54) is 13.0 Å². The Hall–Kier alpha value is -1.58. The lowest BCUT2D eigenvalue weighted by Crippen LogP contribution is -1.99. The molecule has 4 heteroatoms. The molecule has 2 aromatic carbocycles. The third-order valence-corrected chi connectivity index (χ3v) is 3.21. The predicted molar refractivity (Wildman–Crippen MR) is 73.3 cm³/mol. The van der Waals surface area contributed by atoms with Gasteiger partial charge in [-0.1, -0.05) is 17.7 Å². The third-order valence-electron chi connectivity index (χ3n) is 2.79. The van der Waals surface area contributed by atoms with Crippen molar-refractivity contribution in [2.45, 2.75) is 20.0 Å². The molecular formula is C15H14ClFO2. The molecule has 0 saturated heterocycles. The summed E-state index contributed by atoms with van der Waals surface area (Å²) in [5.41, 5.74) is 1.02. The molecule has 0 aromatic heterocycles. The van der Waals surface area contributed by atoms with Crippen molar-refractivity contribution in [3.05, 3.63) is 58.4 Å². The largest absolute Gasteiger partial charge is 0.457 e. The van der Waals surface area contributed by atoms with E-state index < -0.39 is 11.9 Å². The number of aliphatic hydroxyl groups is 1. The lowest BCUT2D eigenvalue weighted by molar-refractivity contribution is 0.190. The van der Waals surface area contributed by atoms with Gasteiger partial charge in [0, 0.05) is 5.02 Å². The van der Waals surface area contributed by atoms with Crippen LogP contribution in [0.4, 0.5) is 4.39 Å². The first kappa shape index (κ1) is 13.8. The second kappa shape index (κ2) is 5.59. The fraction of sp³-hybridized carbons (Fsp3) is 0.200. The first-order chi connectivity index (χ1) is 8.99. The van der Waals surface area contributed by atoms with E-state index in [2.05, 4.69) is 0 Å². The van der Waals surface area contributed by atoms with E-state index in [1.807, 2.05) is 6.92 Å². The monoisotopic (exact) mass is 280 g/mol. The summed E-state index contributed by atoms with van der Waals surface area (Å²) in [6, 6.07) is 9.63. The second-order valence-corrected chi connectivity index (χ2v) is 4.75. The van der Waals surface area contributed by atoms with E-state index in [4.69, 9.17) is 16.3 Å². The highest BCUT2D eigenvalue weighted by Gasteiger charge is 2.15. The number of aryl methyl sites for hydroxylation is 1. The van der Waals surface area contributed by atoms with Crippen LogP contribution >= 0.6 is 11.6 Å². The standard InChI is InChI=1S/C15H14ClFO2/c1-9-8-11(6-7-12(9)16)19-14-5-3-4-13(17)15(14)10(2)18/h3-8,10,18H,1-2H3. The van der Waals surface area contributed by atoms with Gasteiger partial charge in [-0.05, 0) is 49.7 Å². The van der Waals surface area contributed by atoms with Crippen molar-refractivity contribution in [1.29, 1.82) is 0 Å². The minimum absolute atomic E-state index is 0.148. The molecule has 1 atom stereocenters. The molecule has 0 radical (unpaired) electrons. The SMILES string of the molecule is Cc1cc(Oc2cccc(F)c2C(C)O)ccc1Cl. The van der Waals surface area contributed by atoms with Gasteiger partial charge >= 0.3 is 0 Å². The summed E-state index contributed by atoms with van der Waals surface area (Å²) < 4.78 is 19.3. The van der Waals surface area contributed by atoms with E-state index in [0.717, 1.165) is 5.56 Å². The third kappa shape index (κ3) is 3.06. The maximum Gasteiger partial charge on any atom is 0.136 e. The summed E-state index contributed by atoms with van der Waals surface area (Å²) in [5.74, 6) is 0.365. The van der Waals surface area contributed by atoms with E-state index in [0.29, 0.717) is 16.5 Å². The van der Waals surface area contributed by atoms with Gasteiger partial charge in [0.25, 0.3) is 0 Å². The molecule has 0 bridgehead atoms. The van der Waals surface area contributed by atoms with E-state index >= 15 is 0 Å². The van der Waals surface area contributed by atoms with Crippen LogP contribution in [-0.2, 0) is 0 Å². The molecule has 0 saturated carbocycles. The molecule has 0 heterocycles. The normalized spacial score (nSPS) is 12.3. The molecule has 2 aromatic rings. The number of ether oxygens (including phenoxy) is 1. The molecule has 1 unspecified atom stereocenters. The zero-order valence-corrected chi connectivity index (χ0v) is 11.4. The van der Waals surface area contributed by atoms with E-state index in [-0.39, 0.29) is 5.56 Å². The number of rotatable bonds is 3. The summed E-state index contributed by atoms with van der Waals surface area (Å²) in [4.78, 5) is 0. The van der Waals surface area contributed by atoms with Crippen molar-refractivity contribution < 1.29 is 14.2 Å². The van der Waals surface area contributed by atoms with Gasteiger partial charge in [0.2, 0.25) is 0 Å². The van der Waals surface area contributed by atoms with Crippen LogP contribution in [0.5, 0.6) is 11.5 Å². The number of hydrogen-bond acceptors (Lipinski definition) is 2. The Bertz CT molecular complexity index is 597. The van der Waals surface area contributed by atoms with Gasteiger partial charge in [-0.15, -0.1) is 0 Å². The smallest absolute Gasteiger partial charge is 0.136 e. The number of halogens is 2. The number of aliphatic hydroxyl groups excluding tert-OH is 1. The Balaban J connectivity index is 2.38. The van der Waals surface area contributed by atoms with Crippen LogP contribution in [0.15, 0.2) is 36.4 Å². The quantitative estimate of drug-likeness (QED) is 0.888. The lowest BCUT2D eigenvalue weighted by Gasteiger charge is -2.14. The maximum absolute atomic E-state index is 13.7. The van der Waals surface area contributed by atoms with Crippen molar-refractivity contribution in [3.8, 4) is 11.5 Å². The number of hydrogen-bond donors (Lipinski definition) is 1. The molecule has 2 rings (SSSR count). The van der Waals surface area contributed by atoms with Crippen LogP contribution in [0.3, 0.4) is 0 Å². The fourth-order valence-electron chi connectivity index (χ4n) is 1.82. The Kier molecular flexibility index (Phi) is 4.08. The minimum Gasteiger partial charge on any atom is -0.457 e. The van der Waals surface area contributed by atoms with Crippen LogP contribution < -0.4 is 4.74 Å². The van der Waals surface area contributed by atoms with Crippen molar-refractivity contribution >= 4 is 11.6 Å². The minimum atomic E-state index is -0.940. The average molecular weight is 281 g/mol. The van der Waals surface area contributed by atoms with Gasteiger partial charge in [0.05, 0.1) is 11.7 Å². The fourth-order valence-corrected chi connectivity index (χ4v) is 1.94. The van der Waals surface area contributed by atoms with Crippen LogP contribution in [0.25, 0.3) is 0 Å². The van der Waals surface area contributed by atoms with Crippen molar-refractivity contribution in [1.82, 2.24) is 0 Å². The van der Waals surface area contributed by atoms with Gasteiger partial charge in [0.15, 0.2) is 0 Å². The van der Waals surface area contributed by atoms with E-state index in [9.17, 15) is 9.50 Å². The molecule has 0 aliphatic rings. The highest BCUT2D eigenvalue weighted by molar-refractivity contribution is 6.31. The Morgan fingerprint density at radius 2 is 2.00 bits per heavy atom. The zero-order valence-electron chi connectivity index (χ0n) is 10.7. The molecule has 0 fully saturated rings. The van der Waals surface area contributed by atoms with Crippen LogP contribution in [0, 0.1) is 12.7 Å². The van der Waals surface area contributed by atoms with Crippen molar-refractivity contribution in [2.24, 2.45) is 0 Å². The zero-order chi connectivity index (χ0) is 14.0. The molecule has 0 aliphatic carbocycles. The summed E-state index contributed by atoms with van der Waals surface area (Å²) in [7, 11) is 0. The second-order valence-electron chi connectivity index (χ2n) is 4.34. The van der Waals surface area contributed by atoms with Gasteiger partial charge in [-0.3, -0.25) is 0 Å². The molecular weight excluding hydrogens is 267 g/mol. The Morgan fingerprint density at radius 3 is 2.63 bits per heavy atom. The molecule has 2 nitrogen and oxygen atoms in total. The van der Waals surface area contributed by atoms with Crippen molar-refractivity contribution in [2.75, 3.05) is 0 Å². The van der Waals surface area contributed by atoms with Gasteiger partial charge < -0.3 is 9.84 Å². The lowest BCUT2D eigenvalue weighted by atomic mass is 10.1. The topological polar surface area (TPSA) is 29.5 Å². The summed E-state index contributed by atoms with van der Waals surface area (Å²) in [6.45, 7) is 3.36. The van der Waals surface area contributed by atoms with Crippen molar-refractivity contribution in [3.63, 3.8) is 0 Å². The molecule has 0 aliphatic heterocycles. The maximum atomic E-state index is 13.7.